The highest BCUT2D eigenvalue weighted by atomic mass is 32.2. The van der Waals surface area contributed by atoms with E-state index in [1.54, 1.807) is 30.0 Å². The van der Waals surface area contributed by atoms with Crippen LogP contribution in [0.1, 0.15) is 19.8 Å². The maximum absolute atomic E-state index is 12.2. The monoisotopic (exact) mass is 340 g/mol. The first-order valence-corrected chi connectivity index (χ1v) is 9.34. The highest BCUT2D eigenvalue weighted by Crippen LogP contribution is 2.35. The third-order valence-electron chi connectivity index (χ3n) is 3.78. The summed E-state index contributed by atoms with van der Waals surface area (Å²) in [7, 11) is -3.33. The van der Waals surface area contributed by atoms with Crippen molar-refractivity contribution in [1.82, 2.24) is 4.72 Å². The molecule has 1 fully saturated rings. The molecule has 7 nitrogen and oxygen atoms in total. The molecule has 1 atom stereocenters. The van der Waals surface area contributed by atoms with Crippen molar-refractivity contribution >= 4 is 21.6 Å². The second-order valence-corrected chi connectivity index (χ2v) is 7.54. The normalized spacial score (nSPS) is 20.8. The summed E-state index contributed by atoms with van der Waals surface area (Å²) in [4.78, 5) is 13.8. The second kappa shape index (κ2) is 6.37. The fourth-order valence-corrected chi connectivity index (χ4v) is 4.14. The zero-order valence-corrected chi connectivity index (χ0v) is 13.8. The first-order chi connectivity index (χ1) is 11.0. The Hall–Kier alpha value is -1.80. The number of anilines is 1. The van der Waals surface area contributed by atoms with Crippen LogP contribution in [0.2, 0.25) is 0 Å². The van der Waals surface area contributed by atoms with Crippen molar-refractivity contribution in [2.45, 2.75) is 25.8 Å². The van der Waals surface area contributed by atoms with E-state index in [0.29, 0.717) is 43.4 Å². The van der Waals surface area contributed by atoms with E-state index in [1.165, 1.54) is 0 Å². The Bertz CT molecular complexity index is 704. The lowest BCUT2D eigenvalue weighted by Gasteiger charge is -2.22. The molecule has 8 heteroatoms. The molecule has 3 rings (SSSR count). The van der Waals surface area contributed by atoms with Gasteiger partial charge in [-0.1, -0.05) is 6.92 Å². The van der Waals surface area contributed by atoms with Crippen LogP contribution >= 0.6 is 0 Å². The van der Waals surface area contributed by atoms with Gasteiger partial charge in [-0.3, -0.25) is 4.79 Å². The molecule has 1 aromatic rings. The topological polar surface area (TPSA) is 84.9 Å². The summed E-state index contributed by atoms with van der Waals surface area (Å²) >= 11 is 0. The fraction of sp³-hybridized carbons (Fsp3) is 0.533. The number of ether oxygens (including phenoxy) is 2. The summed E-state index contributed by atoms with van der Waals surface area (Å²) in [6, 6.07) is 4.92. The van der Waals surface area contributed by atoms with E-state index in [4.69, 9.17) is 9.47 Å². The smallest absolute Gasteiger partial charge is 0.228 e. The third kappa shape index (κ3) is 3.59. The number of hydrogen-bond acceptors (Lipinski definition) is 5. The van der Waals surface area contributed by atoms with E-state index in [2.05, 4.69) is 4.72 Å². The number of amides is 1. The van der Waals surface area contributed by atoms with Gasteiger partial charge in [0.25, 0.3) is 0 Å². The summed E-state index contributed by atoms with van der Waals surface area (Å²) in [5, 5.41) is 0. The van der Waals surface area contributed by atoms with Gasteiger partial charge in [0, 0.05) is 30.8 Å². The van der Waals surface area contributed by atoms with Crippen LogP contribution in [0.5, 0.6) is 11.5 Å². The summed E-state index contributed by atoms with van der Waals surface area (Å²) in [6.45, 7) is 3.11. The molecular weight excluding hydrogens is 320 g/mol. The Morgan fingerprint density at radius 2 is 2.00 bits per heavy atom. The molecule has 1 aromatic carbocycles. The summed E-state index contributed by atoms with van der Waals surface area (Å²) < 4.78 is 37.3. The number of carbonyl (C=O) groups excluding carboxylic acids is 1. The van der Waals surface area contributed by atoms with Crippen LogP contribution in [-0.4, -0.2) is 45.9 Å². The number of rotatable bonds is 5. The number of carbonyl (C=O) groups is 1. The Kier molecular flexibility index (Phi) is 4.45. The molecule has 0 radical (unpaired) electrons. The summed E-state index contributed by atoms with van der Waals surface area (Å²) in [6.07, 6.45) is 0.708. The van der Waals surface area contributed by atoms with Gasteiger partial charge in [-0.2, -0.15) is 0 Å². The van der Waals surface area contributed by atoms with Crippen molar-refractivity contribution in [3.63, 3.8) is 0 Å². The quantitative estimate of drug-likeness (QED) is 0.860. The number of benzene rings is 1. The molecule has 1 amide bonds. The van der Waals surface area contributed by atoms with Crippen molar-refractivity contribution in [2.75, 3.05) is 30.4 Å². The van der Waals surface area contributed by atoms with Crippen LogP contribution in [0.15, 0.2) is 18.2 Å². The van der Waals surface area contributed by atoms with Crippen LogP contribution in [0.25, 0.3) is 0 Å². The average Bonchev–Trinajstić information content (AvgIpc) is 2.86. The minimum atomic E-state index is -3.33. The average molecular weight is 340 g/mol. The van der Waals surface area contributed by atoms with Gasteiger partial charge in [0.1, 0.15) is 13.2 Å². The van der Waals surface area contributed by atoms with Gasteiger partial charge in [-0.15, -0.1) is 0 Å². The first kappa shape index (κ1) is 16.1. The molecule has 0 saturated carbocycles. The number of fused-ring (bicyclic) bond motifs is 1. The van der Waals surface area contributed by atoms with E-state index >= 15 is 0 Å². The molecule has 2 aliphatic heterocycles. The number of nitrogens with one attached hydrogen (secondary N) is 1. The van der Waals surface area contributed by atoms with Gasteiger partial charge < -0.3 is 14.4 Å². The molecule has 126 valence electrons. The van der Waals surface area contributed by atoms with Gasteiger partial charge in [-0.25, -0.2) is 13.1 Å². The van der Waals surface area contributed by atoms with E-state index in [0.717, 1.165) is 0 Å². The van der Waals surface area contributed by atoms with Gasteiger partial charge in [-0.05, 0) is 18.6 Å². The largest absolute Gasteiger partial charge is 0.486 e. The minimum Gasteiger partial charge on any atom is -0.486 e. The second-order valence-electron chi connectivity index (χ2n) is 5.67. The van der Waals surface area contributed by atoms with Crippen LogP contribution < -0.4 is 19.1 Å². The van der Waals surface area contributed by atoms with E-state index < -0.39 is 16.1 Å². The Morgan fingerprint density at radius 1 is 1.26 bits per heavy atom. The van der Waals surface area contributed by atoms with Crippen molar-refractivity contribution in [3.8, 4) is 11.5 Å². The van der Waals surface area contributed by atoms with Crippen molar-refractivity contribution in [2.24, 2.45) is 0 Å². The van der Waals surface area contributed by atoms with E-state index in [1.807, 2.05) is 0 Å². The lowest BCUT2D eigenvalue weighted by Crippen LogP contribution is -2.38. The predicted molar refractivity (Wildman–Crippen MR) is 85.4 cm³/mol. The molecule has 0 aromatic heterocycles. The van der Waals surface area contributed by atoms with Crippen LogP contribution in [0.4, 0.5) is 5.69 Å². The highest BCUT2D eigenvalue weighted by molar-refractivity contribution is 7.89. The molecule has 0 aliphatic carbocycles. The molecule has 0 spiro atoms. The van der Waals surface area contributed by atoms with Crippen LogP contribution in [0, 0.1) is 0 Å². The zero-order valence-electron chi connectivity index (χ0n) is 12.9. The Labute approximate surface area is 135 Å². The number of nitrogens with zero attached hydrogens (tertiary/aromatic N) is 1. The summed E-state index contributed by atoms with van der Waals surface area (Å²) in [5.74, 6) is 1.23. The van der Waals surface area contributed by atoms with Crippen molar-refractivity contribution in [1.29, 1.82) is 0 Å². The maximum atomic E-state index is 12.2. The van der Waals surface area contributed by atoms with Crippen molar-refractivity contribution < 1.29 is 22.7 Å². The number of hydrogen-bond donors (Lipinski definition) is 1. The predicted octanol–water partition coefficient (Wildman–Crippen LogP) is 0.892. The van der Waals surface area contributed by atoms with Crippen molar-refractivity contribution in [3.05, 3.63) is 18.2 Å². The highest BCUT2D eigenvalue weighted by Gasteiger charge is 2.33. The molecule has 0 unspecified atom stereocenters. The molecule has 23 heavy (non-hydrogen) atoms. The molecule has 2 heterocycles. The molecule has 1 saturated heterocycles. The lowest BCUT2D eigenvalue weighted by atomic mass is 10.2. The van der Waals surface area contributed by atoms with E-state index in [-0.39, 0.29) is 18.1 Å². The number of sulfonamides is 1. The van der Waals surface area contributed by atoms with Crippen LogP contribution in [0.3, 0.4) is 0 Å². The zero-order chi connectivity index (χ0) is 16.4. The summed E-state index contributed by atoms with van der Waals surface area (Å²) in [5.41, 5.74) is 0.691. The van der Waals surface area contributed by atoms with Gasteiger partial charge in [0.2, 0.25) is 15.9 Å². The van der Waals surface area contributed by atoms with E-state index in [9.17, 15) is 13.2 Å². The lowest BCUT2D eigenvalue weighted by molar-refractivity contribution is -0.117. The molecule has 0 bridgehead atoms. The van der Waals surface area contributed by atoms with Gasteiger partial charge in [0.15, 0.2) is 11.5 Å². The Morgan fingerprint density at radius 3 is 2.74 bits per heavy atom. The molecular formula is C15H20N2O5S. The standard InChI is InChI=1S/C15H20N2O5S/c1-2-7-23(19,20)16-11-8-15(18)17(10-11)12-3-4-13-14(9-12)22-6-5-21-13/h3-4,9,11,16H,2,5-8,10H2,1H3/t11-/m0/s1. The molecule has 1 N–H and O–H groups in total. The maximum Gasteiger partial charge on any atom is 0.228 e. The van der Waals surface area contributed by atoms with Crippen LogP contribution in [-0.2, 0) is 14.8 Å². The minimum absolute atomic E-state index is 0.0711. The van der Waals surface area contributed by atoms with Gasteiger partial charge in [0.05, 0.1) is 5.75 Å². The molecule has 2 aliphatic rings. The fourth-order valence-electron chi connectivity index (χ4n) is 2.82. The van der Waals surface area contributed by atoms with Gasteiger partial charge >= 0.3 is 0 Å². The SMILES string of the molecule is CCCS(=O)(=O)N[C@H]1CC(=O)N(c2ccc3c(c2)OCCO3)C1. The third-order valence-corrected chi connectivity index (χ3v) is 5.42. The Balaban J connectivity index is 1.73. The first-order valence-electron chi connectivity index (χ1n) is 7.68.